The van der Waals surface area contributed by atoms with Crippen molar-refractivity contribution in [3.63, 3.8) is 0 Å². The second kappa shape index (κ2) is 10.8. The van der Waals surface area contributed by atoms with Gasteiger partial charge in [0.15, 0.2) is 0 Å². The van der Waals surface area contributed by atoms with Crippen molar-refractivity contribution in [1.29, 1.82) is 5.41 Å². The molecule has 24 valence electrons. The highest BCUT2D eigenvalue weighted by atomic mass is 127. The van der Waals surface area contributed by atoms with E-state index in [1.165, 1.54) is 0 Å². The molecule has 0 rings (SSSR count). The van der Waals surface area contributed by atoms with E-state index < -0.39 is 0 Å². The molecule has 0 saturated carbocycles. The molecule has 0 fully saturated rings. The highest BCUT2D eigenvalue weighted by Gasteiger charge is 1.00. The van der Waals surface area contributed by atoms with Gasteiger partial charge in [0, 0.05) is 0 Å². The van der Waals surface area contributed by atoms with Crippen LogP contribution in [0.1, 0.15) is 0 Å². The van der Waals surface area contributed by atoms with Crippen LogP contribution < -0.4 is 24.0 Å². The zero-order valence-electron chi connectivity index (χ0n) is 1.96. The van der Waals surface area contributed by atoms with Crippen LogP contribution in [0.15, 0.2) is 0 Å². The summed E-state index contributed by atoms with van der Waals surface area (Å²) in [5.74, 6) is 0. The number of nitrogens with one attached hydrogen (secondary N) is 2. The highest BCUT2D eigenvalue weighted by Crippen LogP contribution is 1.23. The van der Waals surface area contributed by atoms with Gasteiger partial charge in [-0.15, -0.1) is 6.34 Å². The average Bonchev–Trinajstić information content (AvgIpc) is 0.918. The molecule has 2 nitrogen and oxygen atoms in total. The SMILES string of the molecule is N=C[NH-].[I+]. The van der Waals surface area contributed by atoms with Crippen LogP contribution in [-0.4, -0.2) is 6.34 Å². The first-order chi connectivity index (χ1) is 1.41. The number of halogens is 1. The largest absolute Gasteiger partial charge is 1.00 e. The van der Waals surface area contributed by atoms with E-state index in [1.807, 2.05) is 0 Å². The summed E-state index contributed by atoms with van der Waals surface area (Å²) < 4.78 is 0. The third kappa shape index (κ3) is 79.2. The molecule has 4 heavy (non-hydrogen) atoms. The minimum atomic E-state index is 0. The van der Waals surface area contributed by atoms with Crippen LogP contribution in [0, 0.1) is 5.41 Å². The zero-order chi connectivity index (χ0) is 2.71. The average molecular weight is 170 g/mol. The molecule has 0 aromatic heterocycles. The molecular weight excluding hydrogens is 167 g/mol. The summed E-state index contributed by atoms with van der Waals surface area (Å²) in [6.07, 6.45) is 0.500. The van der Waals surface area contributed by atoms with Gasteiger partial charge in [-0.2, -0.15) is 0 Å². The van der Waals surface area contributed by atoms with Crippen molar-refractivity contribution in [1.82, 2.24) is 0 Å². The van der Waals surface area contributed by atoms with Crippen molar-refractivity contribution in [2.45, 2.75) is 0 Å². The molecular formula is CH3IN2. The normalized spacial score (nSPS) is 3.00. The number of rotatable bonds is 0. The molecule has 0 aliphatic heterocycles. The summed E-state index contributed by atoms with van der Waals surface area (Å²) in [7, 11) is 0. The first-order valence-corrected chi connectivity index (χ1v) is 0.577. The number of hydrogen-bond donors (Lipinski definition) is 1. The molecule has 2 N–H and O–H groups in total. The van der Waals surface area contributed by atoms with Gasteiger partial charge < -0.3 is 11.1 Å². The Kier molecular flexibility index (Phi) is 23.9. The molecule has 0 aromatic carbocycles. The van der Waals surface area contributed by atoms with E-state index in [1.54, 1.807) is 0 Å². The number of hydrogen-bond acceptors (Lipinski definition) is 1. The van der Waals surface area contributed by atoms with Gasteiger partial charge >= 0.3 is 24.0 Å². The summed E-state index contributed by atoms with van der Waals surface area (Å²) in [6, 6.07) is 0. The van der Waals surface area contributed by atoms with Crippen LogP contribution in [0.5, 0.6) is 0 Å². The Morgan fingerprint density at radius 2 is 1.75 bits per heavy atom. The van der Waals surface area contributed by atoms with E-state index in [4.69, 9.17) is 11.1 Å². The van der Waals surface area contributed by atoms with Crippen LogP contribution in [0.4, 0.5) is 0 Å². The van der Waals surface area contributed by atoms with E-state index in [-0.39, 0.29) is 24.0 Å². The lowest BCUT2D eigenvalue weighted by molar-refractivity contribution is -0.000000887. The van der Waals surface area contributed by atoms with E-state index in [0.717, 1.165) is 0 Å². The molecule has 0 aromatic rings. The fourth-order valence-corrected chi connectivity index (χ4v) is 0. The topological polar surface area (TPSA) is 47.7 Å². The Morgan fingerprint density at radius 3 is 1.75 bits per heavy atom. The monoisotopic (exact) mass is 170 g/mol. The summed E-state index contributed by atoms with van der Waals surface area (Å²) in [5.41, 5.74) is 5.75. The maximum atomic E-state index is 5.75. The van der Waals surface area contributed by atoms with Crippen molar-refractivity contribution < 1.29 is 24.0 Å². The third-order valence-corrected chi connectivity index (χ3v) is 0. The lowest BCUT2D eigenvalue weighted by Gasteiger charge is -1.54. The van der Waals surface area contributed by atoms with Crippen molar-refractivity contribution >= 4 is 6.34 Å². The molecule has 0 amide bonds. The second-order valence-corrected chi connectivity index (χ2v) is 0.144. The van der Waals surface area contributed by atoms with Gasteiger partial charge in [0.1, 0.15) is 0 Å². The Morgan fingerprint density at radius 1 is 1.75 bits per heavy atom. The van der Waals surface area contributed by atoms with Crippen LogP contribution in [-0.2, 0) is 0 Å². The predicted molar refractivity (Wildman–Crippen MR) is 13.1 cm³/mol. The molecule has 0 heterocycles. The smallest absolute Gasteiger partial charge is 0.489 e. The van der Waals surface area contributed by atoms with Gasteiger partial charge in [-0.05, 0) is 0 Å². The van der Waals surface area contributed by atoms with E-state index in [9.17, 15) is 0 Å². The van der Waals surface area contributed by atoms with Crippen LogP contribution in [0.2, 0.25) is 0 Å². The van der Waals surface area contributed by atoms with Crippen molar-refractivity contribution in [3.05, 3.63) is 5.73 Å². The first kappa shape index (κ1) is 8.89. The lowest BCUT2D eigenvalue weighted by Crippen LogP contribution is -3.00. The minimum absolute atomic E-state index is 0. The van der Waals surface area contributed by atoms with Crippen molar-refractivity contribution in [2.24, 2.45) is 0 Å². The van der Waals surface area contributed by atoms with Crippen LogP contribution in [0.25, 0.3) is 5.73 Å². The van der Waals surface area contributed by atoms with E-state index >= 15 is 0 Å². The van der Waals surface area contributed by atoms with Gasteiger partial charge in [-0.3, -0.25) is 0 Å². The maximum absolute atomic E-state index is 5.75. The summed E-state index contributed by atoms with van der Waals surface area (Å²) >= 11 is 0. The summed E-state index contributed by atoms with van der Waals surface area (Å²) in [5, 5.41) is 5.75. The molecule has 0 bridgehead atoms. The Labute approximate surface area is 41.9 Å². The molecule has 0 unspecified atom stereocenters. The second-order valence-electron chi connectivity index (χ2n) is 0.144. The fourth-order valence-electron chi connectivity index (χ4n) is 0. The standard InChI is InChI=1S/CH3N2.I/c2-1-3;/h1H,(H2-,2,3);/q-1;+1. The highest BCUT2D eigenvalue weighted by molar-refractivity contribution is 5.59. The molecule has 0 spiro atoms. The zero-order valence-corrected chi connectivity index (χ0v) is 4.11. The van der Waals surface area contributed by atoms with Crippen molar-refractivity contribution in [2.75, 3.05) is 0 Å². The first-order valence-electron chi connectivity index (χ1n) is 0.577. The van der Waals surface area contributed by atoms with Crippen molar-refractivity contribution in [3.8, 4) is 0 Å². The van der Waals surface area contributed by atoms with Crippen LogP contribution >= 0.6 is 0 Å². The molecule has 0 aliphatic rings. The Hall–Kier alpha value is 0.200. The Bertz CT molecular complexity index is 13.5. The fraction of sp³-hybridized carbons (Fsp3) is 0. The van der Waals surface area contributed by atoms with Gasteiger partial charge in [-0.1, -0.05) is 0 Å². The van der Waals surface area contributed by atoms with Gasteiger partial charge in [-0.25, -0.2) is 0 Å². The van der Waals surface area contributed by atoms with Crippen LogP contribution in [0.3, 0.4) is 0 Å². The summed E-state index contributed by atoms with van der Waals surface area (Å²) in [6.45, 7) is 0. The maximum Gasteiger partial charge on any atom is 1.00 e. The van der Waals surface area contributed by atoms with E-state index in [2.05, 4.69) is 0 Å². The van der Waals surface area contributed by atoms with E-state index in [0.29, 0.717) is 6.34 Å². The third-order valence-electron chi connectivity index (χ3n) is 0. The Balaban J connectivity index is 0. The van der Waals surface area contributed by atoms with Gasteiger partial charge in [0.25, 0.3) is 0 Å². The predicted octanol–water partition coefficient (Wildman–Crippen LogP) is -2.35. The summed E-state index contributed by atoms with van der Waals surface area (Å²) in [4.78, 5) is 0. The molecule has 0 aliphatic carbocycles. The molecule has 3 heteroatoms. The molecule has 0 atom stereocenters. The quantitative estimate of drug-likeness (QED) is 0.240. The molecule has 0 saturated heterocycles. The molecule has 2 radical (unpaired) electrons. The lowest BCUT2D eigenvalue weighted by atomic mass is 11.4. The van der Waals surface area contributed by atoms with Gasteiger partial charge in [0.05, 0.1) is 0 Å². The minimum Gasteiger partial charge on any atom is -0.489 e. The van der Waals surface area contributed by atoms with Gasteiger partial charge in [0.2, 0.25) is 0 Å².